The highest BCUT2D eigenvalue weighted by atomic mass is 16.5. The molecule has 0 aromatic heterocycles. The van der Waals surface area contributed by atoms with Gasteiger partial charge in [-0.25, -0.2) is 0 Å². The van der Waals surface area contributed by atoms with Crippen LogP contribution in [0.25, 0.3) is 0 Å². The van der Waals surface area contributed by atoms with Gasteiger partial charge < -0.3 is 14.4 Å². The fourth-order valence-corrected chi connectivity index (χ4v) is 4.12. The molecular formula is C25H28N2O5. The number of ketones is 1. The molecule has 2 aliphatic heterocycles. The van der Waals surface area contributed by atoms with Crippen LogP contribution in [0, 0.1) is 20.8 Å². The number of ether oxygens (including phenoxy) is 2. The third-order valence-electron chi connectivity index (χ3n) is 6.20. The van der Waals surface area contributed by atoms with E-state index in [9.17, 15) is 14.4 Å². The number of aryl methyl sites for hydroxylation is 2. The highest BCUT2D eigenvalue weighted by molar-refractivity contribution is 6.04. The van der Waals surface area contributed by atoms with Crippen LogP contribution in [0.2, 0.25) is 0 Å². The third-order valence-corrected chi connectivity index (χ3v) is 6.20. The van der Waals surface area contributed by atoms with Crippen LogP contribution in [0.1, 0.15) is 39.9 Å². The summed E-state index contributed by atoms with van der Waals surface area (Å²) in [6.07, 6.45) is 1.97. The molecule has 0 aliphatic carbocycles. The molecule has 0 radical (unpaired) electrons. The normalized spacial score (nSPS) is 15.4. The van der Waals surface area contributed by atoms with Gasteiger partial charge in [0, 0.05) is 18.7 Å². The standard InChI is InChI=1S/C25H28N2O5/c1-16-6-7-17(2)25(18(16)3)32-14-21(28)19-8-9-22-20(12-19)27(24(30)15-31-22)13-23(29)26-10-4-5-11-26/h6-9,12H,4-5,10-11,13-15H2,1-3H3. The summed E-state index contributed by atoms with van der Waals surface area (Å²) in [6, 6.07) is 8.95. The number of nitrogens with zero attached hydrogens (tertiary/aromatic N) is 2. The predicted molar refractivity (Wildman–Crippen MR) is 121 cm³/mol. The molecule has 2 aromatic rings. The van der Waals surface area contributed by atoms with Crippen molar-refractivity contribution in [1.29, 1.82) is 0 Å². The minimum atomic E-state index is -0.295. The number of benzene rings is 2. The molecule has 1 fully saturated rings. The Kier molecular flexibility index (Phi) is 6.17. The monoisotopic (exact) mass is 436 g/mol. The van der Waals surface area contributed by atoms with E-state index in [2.05, 4.69) is 0 Å². The fraction of sp³-hybridized carbons (Fsp3) is 0.400. The van der Waals surface area contributed by atoms with Crippen molar-refractivity contribution in [3.63, 3.8) is 0 Å². The molecule has 4 rings (SSSR count). The van der Waals surface area contributed by atoms with Gasteiger partial charge in [-0.3, -0.25) is 19.3 Å². The van der Waals surface area contributed by atoms with E-state index in [1.807, 2.05) is 32.9 Å². The first kappa shape index (κ1) is 21.9. The number of carbonyl (C=O) groups is 3. The van der Waals surface area contributed by atoms with Gasteiger partial charge in [0.2, 0.25) is 5.91 Å². The van der Waals surface area contributed by atoms with Crippen LogP contribution < -0.4 is 14.4 Å². The molecule has 1 saturated heterocycles. The van der Waals surface area contributed by atoms with Crippen molar-refractivity contribution in [1.82, 2.24) is 4.90 Å². The first-order valence-electron chi connectivity index (χ1n) is 10.9. The zero-order chi connectivity index (χ0) is 22.8. The first-order valence-corrected chi connectivity index (χ1v) is 10.9. The van der Waals surface area contributed by atoms with Crippen molar-refractivity contribution in [2.45, 2.75) is 33.6 Å². The lowest BCUT2D eigenvalue weighted by molar-refractivity contribution is -0.131. The lowest BCUT2D eigenvalue weighted by Crippen LogP contribution is -2.46. The Balaban J connectivity index is 1.52. The minimum Gasteiger partial charge on any atom is -0.485 e. The van der Waals surface area contributed by atoms with E-state index in [-0.39, 0.29) is 37.4 Å². The van der Waals surface area contributed by atoms with Crippen LogP contribution in [0.5, 0.6) is 11.5 Å². The molecular weight excluding hydrogens is 408 g/mol. The number of hydrogen-bond donors (Lipinski definition) is 0. The molecule has 2 aromatic carbocycles. The topological polar surface area (TPSA) is 76.2 Å². The number of anilines is 1. The van der Waals surface area contributed by atoms with Crippen LogP contribution in [0.3, 0.4) is 0 Å². The number of amides is 2. The molecule has 0 N–H and O–H groups in total. The second-order valence-corrected chi connectivity index (χ2v) is 8.40. The van der Waals surface area contributed by atoms with E-state index in [4.69, 9.17) is 9.47 Å². The Hall–Kier alpha value is -3.35. The largest absolute Gasteiger partial charge is 0.485 e. The van der Waals surface area contributed by atoms with Crippen LogP contribution in [0.15, 0.2) is 30.3 Å². The molecule has 2 aliphatic rings. The van der Waals surface area contributed by atoms with Crippen molar-refractivity contribution in [3.05, 3.63) is 52.6 Å². The van der Waals surface area contributed by atoms with Gasteiger partial charge in [-0.2, -0.15) is 0 Å². The highest BCUT2D eigenvalue weighted by Crippen LogP contribution is 2.33. The Morgan fingerprint density at radius 2 is 1.75 bits per heavy atom. The molecule has 168 valence electrons. The van der Waals surface area contributed by atoms with E-state index in [0.717, 1.165) is 42.6 Å². The van der Waals surface area contributed by atoms with E-state index in [1.165, 1.54) is 4.90 Å². The van der Waals surface area contributed by atoms with Crippen LogP contribution in [0.4, 0.5) is 5.69 Å². The molecule has 0 atom stereocenters. The second-order valence-electron chi connectivity index (χ2n) is 8.40. The lowest BCUT2D eigenvalue weighted by atomic mass is 10.1. The Morgan fingerprint density at radius 1 is 1.03 bits per heavy atom. The zero-order valence-electron chi connectivity index (χ0n) is 18.8. The molecule has 0 bridgehead atoms. The molecule has 0 spiro atoms. The van der Waals surface area contributed by atoms with Gasteiger partial charge in [0.25, 0.3) is 5.91 Å². The average molecular weight is 437 g/mol. The SMILES string of the molecule is Cc1ccc(C)c(OCC(=O)c2ccc3c(c2)N(CC(=O)N2CCCC2)C(=O)CO3)c1C. The molecule has 32 heavy (non-hydrogen) atoms. The van der Waals surface area contributed by atoms with Crippen LogP contribution in [-0.4, -0.2) is 55.3 Å². The van der Waals surface area contributed by atoms with E-state index in [1.54, 1.807) is 23.1 Å². The number of carbonyl (C=O) groups excluding carboxylic acids is 3. The number of rotatable bonds is 6. The zero-order valence-corrected chi connectivity index (χ0v) is 18.8. The molecule has 7 nitrogen and oxygen atoms in total. The third kappa shape index (κ3) is 4.33. The molecule has 2 amide bonds. The highest BCUT2D eigenvalue weighted by Gasteiger charge is 2.30. The van der Waals surface area contributed by atoms with Crippen molar-refractivity contribution in [3.8, 4) is 11.5 Å². The van der Waals surface area contributed by atoms with Gasteiger partial charge in [0.15, 0.2) is 19.0 Å². The van der Waals surface area contributed by atoms with Crippen LogP contribution >= 0.6 is 0 Å². The number of Topliss-reactive ketones (excluding diaryl/α,β-unsaturated/α-hetero) is 1. The summed E-state index contributed by atoms with van der Waals surface area (Å²) < 4.78 is 11.4. The second kappa shape index (κ2) is 9.02. The molecule has 2 heterocycles. The maximum atomic E-state index is 12.9. The summed E-state index contributed by atoms with van der Waals surface area (Å²) in [6.45, 7) is 7.07. The maximum absolute atomic E-state index is 12.9. The summed E-state index contributed by atoms with van der Waals surface area (Å²) in [7, 11) is 0. The summed E-state index contributed by atoms with van der Waals surface area (Å²) in [5, 5.41) is 0. The fourth-order valence-electron chi connectivity index (χ4n) is 4.12. The van der Waals surface area contributed by atoms with Gasteiger partial charge in [0.05, 0.1) is 5.69 Å². The van der Waals surface area contributed by atoms with Crippen molar-refractivity contribution in [2.24, 2.45) is 0 Å². The van der Waals surface area contributed by atoms with Crippen molar-refractivity contribution >= 4 is 23.3 Å². The number of hydrogen-bond acceptors (Lipinski definition) is 5. The summed E-state index contributed by atoms with van der Waals surface area (Å²) in [5.74, 6) is 0.609. The van der Waals surface area contributed by atoms with Gasteiger partial charge in [0.1, 0.15) is 18.0 Å². The lowest BCUT2D eigenvalue weighted by Gasteiger charge is -2.30. The Labute approximate surface area is 187 Å². The average Bonchev–Trinajstić information content (AvgIpc) is 3.33. The molecule has 0 unspecified atom stereocenters. The summed E-state index contributed by atoms with van der Waals surface area (Å²) >= 11 is 0. The smallest absolute Gasteiger partial charge is 0.265 e. The number of likely N-dealkylation sites (tertiary alicyclic amines) is 1. The van der Waals surface area contributed by atoms with Gasteiger partial charge in [-0.15, -0.1) is 0 Å². The van der Waals surface area contributed by atoms with Gasteiger partial charge >= 0.3 is 0 Å². The number of fused-ring (bicyclic) bond motifs is 1. The van der Waals surface area contributed by atoms with E-state index < -0.39 is 0 Å². The van der Waals surface area contributed by atoms with Crippen molar-refractivity contribution < 1.29 is 23.9 Å². The summed E-state index contributed by atoms with van der Waals surface area (Å²) in [4.78, 5) is 41.3. The maximum Gasteiger partial charge on any atom is 0.265 e. The van der Waals surface area contributed by atoms with Gasteiger partial charge in [-0.1, -0.05) is 12.1 Å². The predicted octanol–water partition coefficient (Wildman–Crippen LogP) is 3.22. The summed E-state index contributed by atoms with van der Waals surface area (Å²) in [5.41, 5.74) is 3.93. The van der Waals surface area contributed by atoms with E-state index in [0.29, 0.717) is 22.7 Å². The van der Waals surface area contributed by atoms with Crippen molar-refractivity contribution in [2.75, 3.05) is 37.7 Å². The Morgan fingerprint density at radius 3 is 2.50 bits per heavy atom. The Bertz CT molecular complexity index is 1070. The minimum absolute atomic E-state index is 0.0506. The quantitative estimate of drug-likeness (QED) is 0.650. The van der Waals surface area contributed by atoms with Crippen LogP contribution in [-0.2, 0) is 9.59 Å². The van der Waals surface area contributed by atoms with Gasteiger partial charge in [-0.05, 0) is 68.5 Å². The first-order chi connectivity index (χ1) is 15.3. The molecule has 7 heteroatoms. The molecule has 0 saturated carbocycles. The van der Waals surface area contributed by atoms with E-state index >= 15 is 0 Å².